The van der Waals surface area contributed by atoms with Crippen molar-refractivity contribution in [2.45, 2.75) is 19.9 Å². The van der Waals surface area contributed by atoms with E-state index in [1.807, 2.05) is 6.07 Å². The normalized spacial score (nSPS) is 17.6. The Morgan fingerprint density at radius 2 is 2.00 bits per heavy atom. The zero-order chi connectivity index (χ0) is 11.4. The summed E-state index contributed by atoms with van der Waals surface area (Å²) in [4.78, 5) is 2.43. The summed E-state index contributed by atoms with van der Waals surface area (Å²) >= 11 is 0. The lowest BCUT2D eigenvalue weighted by Crippen LogP contribution is -2.35. The minimum absolute atomic E-state index is 0.851. The Labute approximate surface area is 97.2 Å². The zero-order valence-corrected chi connectivity index (χ0v) is 9.91. The lowest BCUT2D eigenvalue weighted by atomic mass is 10.0. The van der Waals surface area contributed by atoms with Crippen molar-refractivity contribution in [1.82, 2.24) is 4.90 Å². The molecule has 1 aliphatic rings. The van der Waals surface area contributed by atoms with E-state index in [4.69, 9.17) is 10.5 Å². The van der Waals surface area contributed by atoms with Gasteiger partial charge in [0.15, 0.2) is 0 Å². The van der Waals surface area contributed by atoms with Crippen LogP contribution in [-0.4, -0.2) is 31.2 Å². The van der Waals surface area contributed by atoms with Crippen LogP contribution in [0.1, 0.15) is 18.1 Å². The van der Waals surface area contributed by atoms with Gasteiger partial charge < -0.3 is 10.5 Å². The van der Waals surface area contributed by atoms with Gasteiger partial charge in [-0.2, -0.15) is 0 Å². The fourth-order valence-electron chi connectivity index (χ4n) is 2.14. The van der Waals surface area contributed by atoms with Crippen molar-refractivity contribution in [3.8, 4) is 0 Å². The van der Waals surface area contributed by atoms with Crippen molar-refractivity contribution < 1.29 is 4.74 Å². The van der Waals surface area contributed by atoms with Crippen LogP contribution in [0.5, 0.6) is 0 Å². The first-order valence-corrected chi connectivity index (χ1v) is 5.97. The standard InChI is InChI=1S/C13H20N2O/c1-2-11-3-4-13(14)9-12(11)10-15-5-7-16-8-6-15/h3-4,9H,2,5-8,10,14H2,1H3. The van der Waals surface area contributed by atoms with Crippen molar-refractivity contribution in [3.05, 3.63) is 29.3 Å². The third-order valence-electron chi connectivity index (χ3n) is 3.11. The summed E-state index contributed by atoms with van der Waals surface area (Å²) in [5, 5.41) is 0. The summed E-state index contributed by atoms with van der Waals surface area (Å²) in [6.07, 6.45) is 1.07. The molecule has 0 aliphatic carbocycles. The van der Waals surface area contributed by atoms with Gasteiger partial charge >= 0.3 is 0 Å². The monoisotopic (exact) mass is 220 g/mol. The van der Waals surface area contributed by atoms with Gasteiger partial charge in [0, 0.05) is 25.3 Å². The molecule has 1 fully saturated rings. The van der Waals surface area contributed by atoms with Crippen LogP contribution in [0, 0.1) is 0 Å². The van der Waals surface area contributed by atoms with Gasteiger partial charge in [0.2, 0.25) is 0 Å². The third-order valence-corrected chi connectivity index (χ3v) is 3.11. The van der Waals surface area contributed by atoms with Crippen molar-refractivity contribution in [2.24, 2.45) is 0 Å². The summed E-state index contributed by atoms with van der Waals surface area (Å²) in [6, 6.07) is 6.24. The van der Waals surface area contributed by atoms with E-state index in [0.717, 1.165) is 45.0 Å². The smallest absolute Gasteiger partial charge is 0.0594 e. The van der Waals surface area contributed by atoms with E-state index in [0.29, 0.717) is 0 Å². The highest BCUT2D eigenvalue weighted by molar-refractivity contribution is 5.44. The molecule has 1 aliphatic heterocycles. The number of ether oxygens (including phenoxy) is 1. The van der Waals surface area contributed by atoms with Crippen LogP contribution in [0.25, 0.3) is 0 Å². The van der Waals surface area contributed by atoms with Gasteiger partial charge in [0.05, 0.1) is 13.2 Å². The first kappa shape index (κ1) is 11.4. The molecule has 0 radical (unpaired) electrons. The minimum atomic E-state index is 0.851. The third kappa shape index (κ3) is 2.74. The second kappa shape index (κ2) is 5.32. The highest BCUT2D eigenvalue weighted by atomic mass is 16.5. The predicted octanol–water partition coefficient (Wildman–Crippen LogP) is 1.66. The first-order valence-electron chi connectivity index (χ1n) is 5.97. The molecule has 0 saturated carbocycles. The number of anilines is 1. The van der Waals surface area contributed by atoms with Crippen LogP contribution < -0.4 is 5.73 Å². The molecule has 88 valence electrons. The predicted molar refractivity (Wildman–Crippen MR) is 66.3 cm³/mol. The Hall–Kier alpha value is -1.06. The van der Waals surface area contributed by atoms with Gasteiger partial charge in [0.1, 0.15) is 0 Å². The van der Waals surface area contributed by atoms with Gasteiger partial charge in [-0.05, 0) is 29.7 Å². The maximum atomic E-state index is 5.84. The van der Waals surface area contributed by atoms with Gasteiger partial charge in [-0.15, -0.1) is 0 Å². The van der Waals surface area contributed by atoms with Gasteiger partial charge in [-0.1, -0.05) is 13.0 Å². The highest BCUT2D eigenvalue weighted by Gasteiger charge is 2.12. The number of rotatable bonds is 3. The Morgan fingerprint density at radius 1 is 1.25 bits per heavy atom. The van der Waals surface area contributed by atoms with Crippen molar-refractivity contribution in [2.75, 3.05) is 32.0 Å². The Balaban J connectivity index is 2.09. The maximum absolute atomic E-state index is 5.84. The number of nitrogens with zero attached hydrogens (tertiary/aromatic N) is 1. The number of nitrogens with two attached hydrogens (primary N) is 1. The molecule has 1 aromatic carbocycles. The van der Waals surface area contributed by atoms with Gasteiger partial charge in [-0.3, -0.25) is 4.90 Å². The van der Waals surface area contributed by atoms with E-state index in [-0.39, 0.29) is 0 Å². The average molecular weight is 220 g/mol. The fourth-order valence-corrected chi connectivity index (χ4v) is 2.14. The molecule has 0 aromatic heterocycles. The topological polar surface area (TPSA) is 38.5 Å². The minimum Gasteiger partial charge on any atom is -0.399 e. The molecule has 3 nitrogen and oxygen atoms in total. The Kier molecular flexibility index (Phi) is 3.80. The average Bonchev–Trinajstić information content (AvgIpc) is 2.31. The van der Waals surface area contributed by atoms with E-state index < -0.39 is 0 Å². The summed E-state index contributed by atoms with van der Waals surface area (Å²) in [7, 11) is 0. The van der Waals surface area contributed by atoms with Crippen molar-refractivity contribution in [1.29, 1.82) is 0 Å². The summed E-state index contributed by atoms with van der Waals surface area (Å²) < 4.78 is 5.35. The number of hydrogen-bond donors (Lipinski definition) is 1. The molecule has 16 heavy (non-hydrogen) atoms. The molecule has 0 atom stereocenters. The second-order valence-corrected chi connectivity index (χ2v) is 4.27. The molecule has 1 aromatic rings. The molecule has 0 bridgehead atoms. The van der Waals surface area contributed by atoms with E-state index in [2.05, 4.69) is 24.0 Å². The lowest BCUT2D eigenvalue weighted by molar-refractivity contribution is 0.0341. The van der Waals surface area contributed by atoms with Crippen LogP contribution in [-0.2, 0) is 17.7 Å². The first-order chi connectivity index (χ1) is 7.79. The molecule has 1 heterocycles. The molecule has 0 unspecified atom stereocenters. The van der Waals surface area contributed by atoms with Crippen LogP contribution in [0.15, 0.2) is 18.2 Å². The molecule has 2 N–H and O–H groups in total. The second-order valence-electron chi connectivity index (χ2n) is 4.27. The van der Waals surface area contributed by atoms with Crippen LogP contribution >= 0.6 is 0 Å². The van der Waals surface area contributed by atoms with Crippen molar-refractivity contribution >= 4 is 5.69 Å². The van der Waals surface area contributed by atoms with Crippen LogP contribution in [0.4, 0.5) is 5.69 Å². The molecule has 3 heteroatoms. The molecular weight excluding hydrogens is 200 g/mol. The zero-order valence-electron chi connectivity index (χ0n) is 9.91. The lowest BCUT2D eigenvalue weighted by Gasteiger charge is -2.27. The largest absolute Gasteiger partial charge is 0.399 e. The van der Waals surface area contributed by atoms with Gasteiger partial charge in [0.25, 0.3) is 0 Å². The summed E-state index contributed by atoms with van der Waals surface area (Å²) in [5.74, 6) is 0. The fraction of sp³-hybridized carbons (Fsp3) is 0.538. The molecule has 2 rings (SSSR count). The van der Waals surface area contributed by atoms with E-state index in [1.54, 1.807) is 0 Å². The maximum Gasteiger partial charge on any atom is 0.0594 e. The number of aryl methyl sites for hydroxylation is 1. The molecule has 0 amide bonds. The molecule has 0 spiro atoms. The number of benzene rings is 1. The summed E-state index contributed by atoms with van der Waals surface area (Å²) in [6.45, 7) is 6.94. The van der Waals surface area contributed by atoms with Crippen LogP contribution in [0.2, 0.25) is 0 Å². The SMILES string of the molecule is CCc1ccc(N)cc1CN1CCOCC1. The molecular formula is C13H20N2O. The molecule has 1 saturated heterocycles. The van der Waals surface area contributed by atoms with E-state index in [1.165, 1.54) is 11.1 Å². The van der Waals surface area contributed by atoms with Crippen LogP contribution in [0.3, 0.4) is 0 Å². The quantitative estimate of drug-likeness (QED) is 0.787. The Morgan fingerprint density at radius 3 is 2.69 bits per heavy atom. The number of hydrogen-bond acceptors (Lipinski definition) is 3. The van der Waals surface area contributed by atoms with Gasteiger partial charge in [-0.25, -0.2) is 0 Å². The highest BCUT2D eigenvalue weighted by Crippen LogP contribution is 2.17. The van der Waals surface area contributed by atoms with Crippen molar-refractivity contribution in [3.63, 3.8) is 0 Å². The summed E-state index contributed by atoms with van der Waals surface area (Å²) in [5.41, 5.74) is 9.47. The van der Waals surface area contributed by atoms with E-state index in [9.17, 15) is 0 Å². The number of nitrogen functional groups attached to an aromatic ring is 1. The number of morpholine rings is 1. The Bertz CT molecular complexity index is 346. The van der Waals surface area contributed by atoms with E-state index >= 15 is 0 Å².